The lowest BCUT2D eigenvalue weighted by Crippen LogP contribution is -2.13. The van der Waals surface area contributed by atoms with Crippen LogP contribution >= 0.6 is 11.3 Å². The first kappa shape index (κ1) is 10.5. The molecule has 1 aromatic heterocycles. The average Bonchev–Trinajstić information content (AvgIpc) is 2.52. The number of rotatable bonds is 5. The van der Waals surface area contributed by atoms with Crippen molar-refractivity contribution in [2.75, 3.05) is 6.54 Å². The van der Waals surface area contributed by atoms with E-state index in [1.54, 1.807) is 0 Å². The van der Waals surface area contributed by atoms with Crippen LogP contribution in [0.25, 0.3) is 0 Å². The van der Waals surface area contributed by atoms with Crippen LogP contribution in [0.5, 0.6) is 0 Å². The van der Waals surface area contributed by atoms with Crippen molar-refractivity contribution in [1.29, 1.82) is 0 Å². The minimum Gasteiger partial charge on any atom is -0.312 e. The molecule has 1 N–H and O–H groups in total. The van der Waals surface area contributed by atoms with Gasteiger partial charge in [0.25, 0.3) is 0 Å². The molecule has 1 nitrogen and oxygen atoms in total. The molecule has 0 radical (unpaired) electrons. The van der Waals surface area contributed by atoms with E-state index in [-0.39, 0.29) is 0 Å². The number of allylic oxidation sites excluding steroid dienone is 1. The van der Waals surface area contributed by atoms with E-state index in [1.165, 1.54) is 10.4 Å². The molecule has 0 aromatic carbocycles. The zero-order valence-electron chi connectivity index (χ0n) is 8.34. The Balaban J connectivity index is 2.16. The van der Waals surface area contributed by atoms with Gasteiger partial charge in [0.2, 0.25) is 0 Å². The van der Waals surface area contributed by atoms with E-state index in [0.717, 1.165) is 19.5 Å². The van der Waals surface area contributed by atoms with Crippen LogP contribution in [-0.2, 0) is 6.54 Å². The summed E-state index contributed by atoms with van der Waals surface area (Å²) in [7, 11) is 0. The van der Waals surface area contributed by atoms with E-state index in [2.05, 4.69) is 42.8 Å². The third-order valence-electron chi connectivity index (χ3n) is 1.98. The summed E-state index contributed by atoms with van der Waals surface area (Å²) in [4.78, 5) is 1.46. The Kier molecular flexibility index (Phi) is 4.79. The second kappa shape index (κ2) is 5.95. The highest BCUT2D eigenvalue weighted by Gasteiger charge is 1.97. The Labute approximate surface area is 84.5 Å². The predicted molar refractivity (Wildman–Crippen MR) is 60.2 cm³/mol. The summed E-state index contributed by atoms with van der Waals surface area (Å²) in [5.74, 6) is 0. The monoisotopic (exact) mass is 195 g/mol. The molecule has 0 aliphatic carbocycles. The minimum atomic E-state index is 1.01. The molecule has 0 aliphatic heterocycles. The van der Waals surface area contributed by atoms with Crippen molar-refractivity contribution in [2.45, 2.75) is 26.8 Å². The Hall–Kier alpha value is -0.600. The molecule has 0 spiro atoms. The molecule has 72 valence electrons. The number of aryl methyl sites for hydroxylation is 1. The normalized spacial score (nSPS) is 11.2. The van der Waals surface area contributed by atoms with Crippen molar-refractivity contribution in [2.24, 2.45) is 0 Å². The van der Waals surface area contributed by atoms with Crippen LogP contribution in [0.15, 0.2) is 23.6 Å². The molecule has 0 saturated heterocycles. The fourth-order valence-electron chi connectivity index (χ4n) is 1.14. The second-order valence-corrected chi connectivity index (χ2v) is 4.06. The summed E-state index contributed by atoms with van der Waals surface area (Å²) in [5, 5.41) is 5.57. The quantitative estimate of drug-likeness (QED) is 0.562. The summed E-state index contributed by atoms with van der Waals surface area (Å²) in [6.45, 7) is 6.31. The predicted octanol–water partition coefficient (Wildman–Crippen LogP) is 3.11. The molecular formula is C11H17NS. The molecule has 0 atom stereocenters. The van der Waals surface area contributed by atoms with Gasteiger partial charge in [-0.2, -0.15) is 0 Å². The maximum Gasteiger partial charge on any atom is 0.0302 e. The number of hydrogen-bond donors (Lipinski definition) is 1. The van der Waals surface area contributed by atoms with Gasteiger partial charge >= 0.3 is 0 Å². The molecule has 1 rings (SSSR count). The average molecular weight is 195 g/mol. The molecule has 13 heavy (non-hydrogen) atoms. The van der Waals surface area contributed by atoms with Crippen molar-refractivity contribution < 1.29 is 0 Å². The van der Waals surface area contributed by atoms with Gasteiger partial charge in [-0.25, -0.2) is 0 Å². The van der Waals surface area contributed by atoms with Crippen LogP contribution in [0.1, 0.15) is 23.8 Å². The molecule has 0 bridgehead atoms. The number of nitrogens with one attached hydrogen (secondary N) is 1. The first-order chi connectivity index (χ1) is 6.34. The molecule has 0 amide bonds. The van der Waals surface area contributed by atoms with Crippen molar-refractivity contribution in [1.82, 2.24) is 5.32 Å². The standard InChI is InChI=1S/C11H17NS/c1-3-4-5-7-12-9-11-10(2)6-8-13-11/h3-4,6,8,12H,5,7,9H2,1-2H3/b4-3+. The van der Waals surface area contributed by atoms with Gasteiger partial charge in [0.05, 0.1) is 0 Å². The van der Waals surface area contributed by atoms with Gasteiger partial charge in [-0.1, -0.05) is 12.2 Å². The van der Waals surface area contributed by atoms with E-state index in [1.807, 2.05) is 11.3 Å². The van der Waals surface area contributed by atoms with Gasteiger partial charge in [-0.3, -0.25) is 0 Å². The maximum atomic E-state index is 3.42. The highest BCUT2D eigenvalue weighted by Crippen LogP contribution is 2.14. The summed E-state index contributed by atoms with van der Waals surface area (Å²) in [5.41, 5.74) is 1.41. The molecule has 0 saturated carbocycles. The van der Waals surface area contributed by atoms with Gasteiger partial charge in [0, 0.05) is 11.4 Å². The highest BCUT2D eigenvalue weighted by atomic mass is 32.1. The Bertz CT molecular complexity index is 263. The second-order valence-electron chi connectivity index (χ2n) is 3.06. The Morgan fingerprint density at radius 3 is 3.00 bits per heavy atom. The van der Waals surface area contributed by atoms with Crippen LogP contribution in [0.4, 0.5) is 0 Å². The summed E-state index contributed by atoms with van der Waals surface area (Å²) in [6, 6.07) is 2.17. The lowest BCUT2D eigenvalue weighted by atomic mass is 10.3. The molecule has 1 heterocycles. The lowest BCUT2D eigenvalue weighted by Gasteiger charge is -2.01. The molecule has 2 heteroatoms. The molecule has 1 aromatic rings. The third-order valence-corrected chi connectivity index (χ3v) is 3.00. The van der Waals surface area contributed by atoms with Crippen LogP contribution in [0, 0.1) is 6.92 Å². The zero-order valence-corrected chi connectivity index (χ0v) is 9.16. The zero-order chi connectivity index (χ0) is 9.52. The Morgan fingerprint density at radius 2 is 2.38 bits per heavy atom. The number of thiophene rings is 1. The summed E-state index contributed by atoms with van der Waals surface area (Å²) in [6.07, 6.45) is 5.41. The topological polar surface area (TPSA) is 12.0 Å². The van der Waals surface area contributed by atoms with Gasteiger partial charge in [-0.15, -0.1) is 11.3 Å². The molecular weight excluding hydrogens is 178 g/mol. The molecule has 0 unspecified atom stereocenters. The fourth-order valence-corrected chi connectivity index (χ4v) is 2.01. The van der Waals surface area contributed by atoms with Crippen LogP contribution in [-0.4, -0.2) is 6.54 Å². The fraction of sp³-hybridized carbons (Fsp3) is 0.455. The van der Waals surface area contributed by atoms with Crippen molar-refractivity contribution in [3.8, 4) is 0 Å². The maximum absolute atomic E-state index is 3.42. The van der Waals surface area contributed by atoms with E-state index in [0.29, 0.717) is 0 Å². The largest absolute Gasteiger partial charge is 0.312 e. The van der Waals surface area contributed by atoms with Crippen molar-refractivity contribution in [3.05, 3.63) is 34.0 Å². The summed E-state index contributed by atoms with van der Waals surface area (Å²) >= 11 is 1.83. The SMILES string of the molecule is C/C=C/CCNCc1sccc1C. The van der Waals surface area contributed by atoms with Gasteiger partial charge in [0.1, 0.15) is 0 Å². The lowest BCUT2D eigenvalue weighted by molar-refractivity contribution is 0.700. The number of hydrogen-bond acceptors (Lipinski definition) is 2. The van der Waals surface area contributed by atoms with Crippen LogP contribution in [0.3, 0.4) is 0 Å². The van der Waals surface area contributed by atoms with Crippen molar-refractivity contribution in [3.63, 3.8) is 0 Å². The van der Waals surface area contributed by atoms with E-state index < -0.39 is 0 Å². The van der Waals surface area contributed by atoms with Crippen LogP contribution < -0.4 is 5.32 Å². The highest BCUT2D eigenvalue weighted by molar-refractivity contribution is 7.10. The molecule has 0 fully saturated rings. The van der Waals surface area contributed by atoms with Gasteiger partial charge in [0.15, 0.2) is 0 Å². The van der Waals surface area contributed by atoms with Crippen molar-refractivity contribution >= 4 is 11.3 Å². The van der Waals surface area contributed by atoms with Gasteiger partial charge in [-0.05, 0) is 43.8 Å². The van der Waals surface area contributed by atoms with Gasteiger partial charge < -0.3 is 5.32 Å². The summed E-state index contributed by atoms with van der Waals surface area (Å²) < 4.78 is 0. The smallest absolute Gasteiger partial charge is 0.0302 e. The van der Waals surface area contributed by atoms with E-state index >= 15 is 0 Å². The van der Waals surface area contributed by atoms with Crippen LogP contribution in [0.2, 0.25) is 0 Å². The minimum absolute atomic E-state index is 1.01. The molecule has 0 aliphatic rings. The first-order valence-electron chi connectivity index (χ1n) is 4.69. The third kappa shape index (κ3) is 3.75. The Morgan fingerprint density at radius 1 is 1.54 bits per heavy atom. The van der Waals surface area contributed by atoms with E-state index in [4.69, 9.17) is 0 Å². The first-order valence-corrected chi connectivity index (χ1v) is 5.57. The van der Waals surface area contributed by atoms with E-state index in [9.17, 15) is 0 Å².